The van der Waals surface area contributed by atoms with Gasteiger partial charge in [0.25, 0.3) is 0 Å². The van der Waals surface area contributed by atoms with Crippen molar-refractivity contribution in [3.8, 4) is 5.75 Å². The molecule has 2 aromatic carbocycles. The quantitative estimate of drug-likeness (QED) is 0.569. The van der Waals surface area contributed by atoms with Gasteiger partial charge in [-0.3, -0.25) is 4.90 Å². The smallest absolute Gasteiger partial charge is 0.339 e. The highest BCUT2D eigenvalue weighted by molar-refractivity contribution is 6.30. The molecule has 1 aliphatic carbocycles. The molecular formula is C24H24ClNO3. The normalized spacial score (nSPS) is 16.3. The van der Waals surface area contributed by atoms with Crippen LogP contribution < -0.4 is 10.4 Å². The number of halogens is 1. The van der Waals surface area contributed by atoms with E-state index < -0.39 is 0 Å². The van der Waals surface area contributed by atoms with Gasteiger partial charge in [0.05, 0.1) is 0 Å². The summed E-state index contributed by atoms with van der Waals surface area (Å²) in [6.07, 6.45) is 4.93. The van der Waals surface area contributed by atoms with Gasteiger partial charge in [0.15, 0.2) is 0 Å². The van der Waals surface area contributed by atoms with Gasteiger partial charge in [-0.25, -0.2) is 4.79 Å². The Bertz CT molecular complexity index is 1130. The maximum atomic E-state index is 12.5. The van der Waals surface area contributed by atoms with Crippen LogP contribution in [0.25, 0.3) is 11.0 Å². The molecular weight excluding hydrogens is 386 g/mol. The Morgan fingerprint density at radius 3 is 2.66 bits per heavy atom. The first kappa shape index (κ1) is 18.7. The van der Waals surface area contributed by atoms with Crippen molar-refractivity contribution < 1.29 is 9.15 Å². The first-order valence-electron chi connectivity index (χ1n) is 10.3. The first-order chi connectivity index (χ1) is 14.1. The maximum absolute atomic E-state index is 12.5. The van der Waals surface area contributed by atoms with Gasteiger partial charge in [0, 0.05) is 40.2 Å². The third-order valence-electron chi connectivity index (χ3n) is 6.19. The lowest BCUT2D eigenvalue weighted by Crippen LogP contribution is -2.34. The fourth-order valence-corrected chi connectivity index (χ4v) is 4.76. The second kappa shape index (κ2) is 7.51. The average Bonchev–Trinajstić information content (AvgIpc) is 2.74. The lowest BCUT2D eigenvalue weighted by atomic mass is 9.89. The van der Waals surface area contributed by atoms with E-state index in [2.05, 4.69) is 23.1 Å². The fourth-order valence-electron chi connectivity index (χ4n) is 4.63. The number of nitrogens with zero attached hydrogens (tertiary/aromatic N) is 1. The van der Waals surface area contributed by atoms with Crippen LogP contribution >= 0.6 is 11.6 Å². The SMILES string of the molecule is Cc1c2c(cc3c4c(c(=O)oc13)CCCC4)CN(CCc1ccc(Cl)cc1)CO2. The molecule has 0 bridgehead atoms. The fraction of sp³-hybridized carbons (Fsp3) is 0.375. The summed E-state index contributed by atoms with van der Waals surface area (Å²) < 4.78 is 11.8. The third-order valence-corrected chi connectivity index (χ3v) is 6.44. The molecule has 0 radical (unpaired) electrons. The van der Waals surface area contributed by atoms with Crippen molar-refractivity contribution in [1.29, 1.82) is 0 Å². The number of fused-ring (bicyclic) bond motifs is 4. The summed E-state index contributed by atoms with van der Waals surface area (Å²) in [5.74, 6) is 0.874. The zero-order valence-corrected chi connectivity index (χ0v) is 17.3. The predicted molar refractivity (Wildman–Crippen MR) is 115 cm³/mol. The van der Waals surface area contributed by atoms with Crippen LogP contribution in [-0.4, -0.2) is 18.2 Å². The monoisotopic (exact) mass is 409 g/mol. The molecule has 5 heteroatoms. The number of hydrogen-bond donors (Lipinski definition) is 0. The van der Waals surface area contributed by atoms with Crippen molar-refractivity contribution in [1.82, 2.24) is 4.90 Å². The molecule has 2 aliphatic rings. The Labute approximate surface area is 175 Å². The van der Waals surface area contributed by atoms with Gasteiger partial charge in [-0.2, -0.15) is 0 Å². The predicted octanol–water partition coefficient (Wildman–Crippen LogP) is 5.03. The average molecular weight is 410 g/mol. The summed E-state index contributed by atoms with van der Waals surface area (Å²) in [5.41, 5.74) is 5.98. The van der Waals surface area contributed by atoms with Crippen molar-refractivity contribution in [3.05, 3.63) is 73.6 Å². The lowest BCUT2D eigenvalue weighted by molar-refractivity contribution is 0.0959. The molecule has 1 aromatic heterocycles. The number of hydrogen-bond acceptors (Lipinski definition) is 4. The third kappa shape index (κ3) is 3.45. The maximum Gasteiger partial charge on any atom is 0.339 e. The molecule has 2 heterocycles. The Kier molecular flexibility index (Phi) is 4.84. The van der Waals surface area contributed by atoms with Crippen LogP contribution in [-0.2, 0) is 25.8 Å². The first-order valence-corrected chi connectivity index (χ1v) is 10.7. The van der Waals surface area contributed by atoms with Crippen molar-refractivity contribution in [2.75, 3.05) is 13.3 Å². The second-order valence-corrected chi connectivity index (χ2v) is 8.56. The van der Waals surface area contributed by atoms with E-state index in [0.29, 0.717) is 12.3 Å². The van der Waals surface area contributed by atoms with Gasteiger partial charge in [0.1, 0.15) is 18.1 Å². The molecule has 150 valence electrons. The number of aryl methyl sites for hydroxylation is 2. The van der Waals surface area contributed by atoms with Crippen molar-refractivity contribution in [2.45, 2.75) is 45.6 Å². The van der Waals surface area contributed by atoms with Gasteiger partial charge in [-0.15, -0.1) is 0 Å². The molecule has 0 N–H and O–H groups in total. The Hall–Kier alpha value is -2.30. The summed E-state index contributed by atoms with van der Waals surface area (Å²) in [6, 6.07) is 10.2. The van der Waals surface area contributed by atoms with Gasteiger partial charge >= 0.3 is 5.63 Å². The van der Waals surface area contributed by atoms with E-state index in [0.717, 1.165) is 72.5 Å². The molecule has 0 unspecified atom stereocenters. The summed E-state index contributed by atoms with van der Waals surface area (Å²) in [6.45, 7) is 4.30. The Morgan fingerprint density at radius 2 is 1.86 bits per heavy atom. The zero-order chi connectivity index (χ0) is 20.0. The molecule has 1 aliphatic heterocycles. The second-order valence-electron chi connectivity index (χ2n) is 8.12. The van der Waals surface area contributed by atoms with Crippen LogP contribution in [0.4, 0.5) is 0 Å². The van der Waals surface area contributed by atoms with Crippen molar-refractivity contribution in [3.63, 3.8) is 0 Å². The molecule has 0 saturated heterocycles. The molecule has 0 atom stereocenters. The van der Waals surface area contributed by atoms with E-state index in [4.69, 9.17) is 20.8 Å². The van der Waals surface area contributed by atoms with Gasteiger partial charge in [-0.05, 0) is 68.4 Å². The van der Waals surface area contributed by atoms with Crippen LogP contribution in [0.1, 0.15) is 40.7 Å². The van der Waals surface area contributed by atoms with E-state index >= 15 is 0 Å². The molecule has 0 spiro atoms. The van der Waals surface area contributed by atoms with E-state index in [1.807, 2.05) is 19.1 Å². The highest BCUT2D eigenvalue weighted by Crippen LogP contribution is 2.37. The molecule has 29 heavy (non-hydrogen) atoms. The van der Waals surface area contributed by atoms with Gasteiger partial charge in [-0.1, -0.05) is 23.7 Å². The van der Waals surface area contributed by atoms with Gasteiger partial charge < -0.3 is 9.15 Å². The minimum absolute atomic E-state index is 0.171. The molecule has 5 rings (SSSR count). The largest absolute Gasteiger partial charge is 0.477 e. The zero-order valence-electron chi connectivity index (χ0n) is 16.6. The minimum Gasteiger partial charge on any atom is -0.477 e. The van der Waals surface area contributed by atoms with E-state index in [-0.39, 0.29) is 5.63 Å². The highest BCUT2D eigenvalue weighted by Gasteiger charge is 2.25. The molecule has 0 fully saturated rings. The van der Waals surface area contributed by atoms with Crippen LogP contribution in [0, 0.1) is 6.92 Å². The number of rotatable bonds is 3. The van der Waals surface area contributed by atoms with Crippen LogP contribution in [0.5, 0.6) is 5.75 Å². The number of benzene rings is 2. The summed E-state index contributed by atoms with van der Waals surface area (Å²) >= 11 is 5.98. The summed E-state index contributed by atoms with van der Waals surface area (Å²) in [5, 5.41) is 1.86. The standard InChI is InChI=1S/C24H24ClNO3/c1-15-22-17(12-21-19-4-2-3-5-20(19)24(27)29-23(15)21)13-26(14-28-22)11-10-16-6-8-18(25)9-7-16/h6-9,12H,2-5,10-11,13-14H2,1H3. The van der Waals surface area contributed by atoms with Crippen molar-refractivity contribution >= 4 is 22.6 Å². The lowest BCUT2D eigenvalue weighted by Gasteiger charge is -2.30. The highest BCUT2D eigenvalue weighted by atomic mass is 35.5. The Morgan fingerprint density at radius 1 is 1.10 bits per heavy atom. The van der Waals surface area contributed by atoms with E-state index in [1.54, 1.807) is 0 Å². The molecule has 0 saturated carbocycles. The van der Waals surface area contributed by atoms with Crippen LogP contribution in [0.2, 0.25) is 5.02 Å². The molecule has 4 nitrogen and oxygen atoms in total. The van der Waals surface area contributed by atoms with E-state index in [1.165, 1.54) is 16.7 Å². The van der Waals surface area contributed by atoms with Crippen LogP contribution in [0.3, 0.4) is 0 Å². The molecule has 0 amide bonds. The topological polar surface area (TPSA) is 42.7 Å². The number of ether oxygens (including phenoxy) is 1. The van der Waals surface area contributed by atoms with Crippen molar-refractivity contribution in [2.24, 2.45) is 0 Å². The molecule has 3 aromatic rings. The summed E-state index contributed by atoms with van der Waals surface area (Å²) in [4.78, 5) is 14.8. The van der Waals surface area contributed by atoms with E-state index in [9.17, 15) is 4.79 Å². The minimum atomic E-state index is -0.171. The Balaban J connectivity index is 1.45. The van der Waals surface area contributed by atoms with Gasteiger partial charge in [0.2, 0.25) is 0 Å². The summed E-state index contributed by atoms with van der Waals surface area (Å²) in [7, 11) is 0. The van der Waals surface area contributed by atoms with Crippen LogP contribution in [0.15, 0.2) is 39.5 Å².